The fraction of sp³-hybridized carbons (Fsp3) is 0.240. The number of anilines is 1. The molecule has 1 unspecified atom stereocenters. The Kier molecular flexibility index (Phi) is 7.95. The van der Waals surface area contributed by atoms with Gasteiger partial charge in [0.25, 0.3) is 10.0 Å². The number of nitrogens with one attached hydrogen (secondary N) is 1. The molecule has 0 radical (unpaired) electrons. The molecule has 174 valence electrons. The van der Waals surface area contributed by atoms with Gasteiger partial charge in [-0.3, -0.25) is 9.10 Å². The van der Waals surface area contributed by atoms with Crippen molar-refractivity contribution in [3.05, 3.63) is 84.4 Å². The Balaban J connectivity index is 1.80. The number of methoxy groups -OCH3 is 1. The Bertz CT molecular complexity index is 1150. The van der Waals surface area contributed by atoms with Gasteiger partial charge in [-0.25, -0.2) is 8.42 Å². The number of amides is 1. The highest BCUT2D eigenvalue weighted by Crippen LogP contribution is 2.25. The van der Waals surface area contributed by atoms with Crippen LogP contribution in [0.5, 0.6) is 11.5 Å². The van der Waals surface area contributed by atoms with Crippen LogP contribution in [0.4, 0.5) is 5.69 Å². The van der Waals surface area contributed by atoms with E-state index in [1.54, 1.807) is 42.5 Å². The highest BCUT2D eigenvalue weighted by atomic mass is 32.2. The van der Waals surface area contributed by atoms with Crippen molar-refractivity contribution < 1.29 is 22.7 Å². The molecule has 0 heterocycles. The Morgan fingerprint density at radius 2 is 1.55 bits per heavy atom. The zero-order valence-corrected chi connectivity index (χ0v) is 19.7. The van der Waals surface area contributed by atoms with Gasteiger partial charge in [0.15, 0.2) is 0 Å². The smallest absolute Gasteiger partial charge is 0.264 e. The second-order valence-corrected chi connectivity index (χ2v) is 9.18. The van der Waals surface area contributed by atoms with Gasteiger partial charge in [0, 0.05) is 0 Å². The summed E-state index contributed by atoms with van der Waals surface area (Å²) >= 11 is 0. The molecule has 1 N–H and O–H groups in total. The van der Waals surface area contributed by atoms with Crippen LogP contribution in [0.1, 0.15) is 25.5 Å². The first-order chi connectivity index (χ1) is 15.8. The van der Waals surface area contributed by atoms with Gasteiger partial charge in [0.1, 0.15) is 18.0 Å². The van der Waals surface area contributed by atoms with Crippen LogP contribution in [0.3, 0.4) is 0 Å². The maximum Gasteiger partial charge on any atom is 0.264 e. The summed E-state index contributed by atoms with van der Waals surface area (Å²) in [5.41, 5.74) is 1.29. The first-order valence-corrected chi connectivity index (χ1v) is 12.0. The largest absolute Gasteiger partial charge is 0.497 e. The van der Waals surface area contributed by atoms with Crippen molar-refractivity contribution in [1.29, 1.82) is 0 Å². The molecule has 0 saturated carbocycles. The minimum Gasteiger partial charge on any atom is -0.497 e. The molecule has 1 atom stereocenters. The van der Waals surface area contributed by atoms with E-state index in [1.807, 2.05) is 38.1 Å². The molecule has 0 fully saturated rings. The standard InChI is InChI=1S/C25H28N2O5S/c1-4-32-23-12-10-20(11-13-23)19(2)26-25(28)18-27(21-8-6-5-7-9-21)33(29,30)24-16-14-22(31-3)15-17-24/h5-17,19H,4,18H2,1-3H3,(H,26,28). The first kappa shape index (κ1) is 24.1. The molecule has 3 aromatic carbocycles. The maximum atomic E-state index is 13.4. The van der Waals surface area contributed by atoms with Crippen LogP contribution in [-0.2, 0) is 14.8 Å². The molecule has 0 aliphatic heterocycles. The second kappa shape index (κ2) is 10.9. The summed E-state index contributed by atoms with van der Waals surface area (Å²) in [6.45, 7) is 3.97. The minimum atomic E-state index is -3.99. The molecule has 0 saturated heterocycles. The average molecular weight is 469 g/mol. The number of nitrogens with zero attached hydrogens (tertiary/aromatic N) is 1. The second-order valence-electron chi connectivity index (χ2n) is 7.31. The number of sulfonamides is 1. The average Bonchev–Trinajstić information content (AvgIpc) is 2.83. The lowest BCUT2D eigenvalue weighted by atomic mass is 10.1. The summed E-state index contributed by atoms with van der Waals surface area (Å²) in [4.78, 5) is 13.0. The van der Waals surface area contributed by atoms with Gasteiger partial charge in [-0.2, -0.15) is 0 Å². The third kappa shape index (κ3) is 6.04. The van der Waals surface area contributed by atoms with Crippen molar-refractivity contribution in [3.8, 4) is 11.5 Å². The predicted octanol–water partition coefficient (Wildman–Crippen LogP) is 4.17. The zero-order chi connectivity index (χ0) is 23.8. The van der Waals surface area contributed by atoms with Gasteiger partial charge in [-0.1, -0.05) is 30.3 Å². The van der Waals surface area contributed by atoms with Gasteiger partial charge < -0.3 is 14.8 Å². The normalized spacial score (nSPS) is 12.0. The van der Waals surface area contributed by atoms with Crippen LogP contribution in [0.2, 0.25) is 0 Å². The summed E-state index contributed by atoms with van der Waals surface area (Å²) in [6.07, 6.45) is 0. The van der Waals surface area contributed by atoms with Gasteiger partial charge in [-0.05, 0) is 67.9 Å². The fourth-order valence-electron chi connectivity index (χ4n) is 3.30. The van der Waals surface area contributed by atoms with Crippen LogP contribution < -0.4 is 19.1 Å². The quantitative estimate of drug-likeness (QED) is 0.483. The molecule has 0 aromatic heterocycles. The van der Waals surface area contributed by atoms with Gasteiger partial charge >= 0.3 is 0 Å². The molecular weight excluding hydrogens is 440 g/mol. The molecular formula is C25H28N2O5S. The third-order valence-corrected chi connectivity index (χ3v) is 6.84. The van der Waals surface area contributed by atoms with Crippen molar-refractivity contribution in [2.24, 2.45) is 0 Å². The number of carbonyl (C=O) groups excluding carboxylic acids is 1. The van der Waals surface area contributed by atoms with Crippen LogP contribution >= 0.6 is 0 Å². The van der Waals surface area contributed by atoms with Crippen LogP contribution in [-0.4, -0.2) is 34.6 Å². The minimum absolute atomic E-state index is 0.0690. The zero-order valence-electron chi connectivity index (χ0n) is 18.9. The Morgan fingerprint density at radius 3 is 2.12 bits per heavy atom. The van der Waals surface area contributed by atoms with Crippen LogP contribution in [0.25, 0.3) is 0 Å². The molecule has 1 amide bonds. The summed E-state index contributed by atoms with van der Waals surface area (Å²) in [7, 11) is -2.48. The van der Waals surface area contributed by atoms with E-state index in [0.29, 0.717) is 18.0 Å². The van der Waals surface area contributed by atoms with Crippen molar-refractivity contribution in [3.63, 3.8) is 0 Å². The summed E-state index contributed by atoms with van der Waals surface area (Å²) in [6, 6.07) is 21.7. The van der Waals surface area contributed by atoms with E-state index in [4.69, 9.17) is 9.47 Å². The van der Waals surface area contributed by atoms with Crippen molar-refractivity contribution in [2.45, 2.75) is 24.8 Å². The van der Waals surface area contributed by atoms with E-state index >= 15 is 0 Å². The number of hydrogen-bond donors (Lipinski definition) is 1. The van der Waals surface area contributed by atoms with E-state index < -0.39 is 15.9 Å². The molecule has 0 bridgehead atoms. The number of ether oxygens (including phenoxy) is 2. The first-order valence-electron chi connectivity index (χ1n) is 10.6. The van der Waals surface area contributed by atoms with E-state index in [0.717, 1.165) is 15.6 Å². The molecule has 0 spiro atoms. The maximum absolute atomic E-state index is 13.4. The van der Waals surface area contributed by atoms with Gasteiger partial charge in [0.05, 0.1) is 30.3 Å². The molecule has 33 heavy (non-hydrogen) atoms. The number of carbonyl (C=O) groups is 1. The van der Waals surface area contributed by atoms with Crippen molar-refractivity contribution in [1.82, 2.24) is 5.32 Å². The SMILES string of the molecule is CCOc1ccc(C(C)NC(=O)CN(c2ccccc2)S(=O)(=O)c2ccc(OC)cc2)cc1. The molecule has 3 rings (SSSR count). The van der Waals surface area contributed by atoms with E-state index in [9.17, 15) is 13.2 Å². The number of benzene rings is 3. The predicted molar refractivity (Wildman–Crippen MR) is 128 cm³/mol. The third-order valence-electron chi connectivity index (χ3n) is 5.05. The fourth-order valence-corrected chi connectivity index (χ4v) is 4.73. The van der Waals surface area contributed by atoms with Crippen LogP contribution in [0.15, 0.2) is 83.8 Å². The van der Waals surface area contributed by atoms with Crippen molar-refractivity contribution in [2.75, 3.05) is 24.6 Å². The van der Waals surface area contributed by atoms with Gasteiger partial charge in [-0.15, -0.1) is 0 Å². The summed E-state index contributed by atoms with van der Waals surface area (Å²) in [5, 5.41) is 2.88. The van der Waals surface area contributed by atoms with Crippen molar-refractivity contribution >= 4 is 21.6 Å². The van der Waals surface area contributed by atoms with E-state index in [2.05, 4.69) is 5.32 Å². The Labute approximate surface area is 195 Å². The lowest BCUT2D eigenvalue weighted by Gasteiger charge is -2.25. The molecule has 0 aliphatic carbocycles. The molecule has 0 aliphatic rings. The van der Waals surface area contributed by atoms with E-state index in [1.165, 1.54) is 19.2 Å². The summed E-state index contributed by atoms with van der Waals surface area (Å²) < 4.78 is 38.5. The molecule has 3 aromatic rings. The Hall–Kier alpha value is -3.52. The van der Waals surface area contributed by atoms with E-state index in [-0.39, 0.29) is 17.5 Å². The number of hydrogen-bond acceptors (Lipinski definition) is 5. The summed E-state index contributed by atoms with van der Waals surface area (Å²) in [5.74, 6) is 0.875. The lowest BCUT2D eigenvalue weighted by molar-refractivity contribution is -0.120. The number of rotatable bonds is 10. The highest BCUT2D eigenvalue weighted by molar-refractivity contribution is 7.92. The van der Waals surface area contributed by atoms with Crippen LogP contribution in [0, 0.1) is 0 Å². The monoisotopic (exact) mass is 468 g/mol. The topological polar surface area (TPSA) is 84.9 Å². The molecule has 7 nitrogen and oxygen atoms in total. The lowest BCUT2D eigenvalue weighted by Crippen LogP contribution is -2.41. The molecule has 8 heteroatoms. The number of para-hydroxylation sites is 1. The Morgan fingerprint density at radius 1 is 0.939 bits per heavy atom. The van der Waals surface area contributed by atoms with Gasteiger partial charge in [0.2, 0.25) is 5.91 Å². The highest BCUT2D eigenvalue weighted by Gasteiger charge is 2.27.